The van der Waals surface area contributed by atoms with Gasteiger partial charge in [-0.25, -0.2) is 0 Å². The van der Waals surface area contributed by atoms with Crippen LogP contribution >= 0.6 is 0 Å². The number of hydrogen-bond donors (Lipinski definition) is 0. The van der Waals surface area contributed by atoms with Gasteiger partial charge in [0.15, 0.2) is 0 Å². The summed E-state index contributed by atoms with van der Waals surface area (Å²) in [5, 5.41) is 2.76. The molecule has 0 amide bonds. The van der Waals surface area contributed by atoms with E-state index in [-0.39, 0.29) is 6.54 Å². The molecule has 1 aliphatic heterocycles. The number of nitrogens with zero attached hydrogens (tertiary/aromatic N) is 3. The first-order chi connectivity index (χ1) is 8.79. The van der Waals surface area contributed by atoms with E-state index in [4.69, 9.17) is 4.74 Å². The lowest BCUT2D eigenvalue weighted by Gasteiger charge is -2.34. The number of rotatable bonds is 5. The second kappa shape index (κ2) is 6.35. The highest BCUT2D eigenvalue weighted by atomic mass is 16.5. The van der Waals surface area contributed by atoms with Crippen molar-refractivity contribution >= 4 is 5.69 Å². The summed E-state index contributed by atoms with van der Waals surface area (Å²) in [4.78, 5) is 14.6. The Morgan fingerprint density at radius 1 is 1.17 bits per heavy atom. The molecule has 5 nitrogen and oxygen atoms in total. The van der Waals surface area contributed by atoms with Gasteiger partial charge in [0.25, 0.3) is 0 Å². The minimum atomic E-state index is 0.195. The Bertz CT molecular complexity index is 372. The van der Waals surface area contributed by atoms with Crippen molar-refractivity contribution in [2.24, 2.45) is 5.18 Å². The van der Waals surface area contributed by atoms with Crippen LogP contribution < -0.4 is 9.64 Å². The van der Waals surface area contributed by atoms with E-state index in [0.29, 0.717) is 6.61 Å². The lowest BCUT2D eigenvalue weighted by molar-refractivity contribution is 0.312. The lowest BCUT2D eigenvalue weighted by atomic mass is 10.2. The third-order valence-corrected chi connectivity index (χ3v) is 3.16. The zero-order chi connectivity index (χ0) is 12.8. The first kappa shape index (κ1) is 12.8. The Morgan fingerprint density at radius 3 is 2.44 bits per heavy atom. The summed E-state index contributed by atoms with van der Waals surface area (Å²) in [6.45, 7) is 4.86. The highest BCUT2D eigenvalue weighted by Gasteiger charge is 2.13. The zero-order valence-corrected chi connectivity index (χ0v) is 10.7. The molecule has 2 rings (SSSR count). The fourth-order valence-corrected chi connectivity index (χ4v) is 2.02. The Morgan fingerprint density at radius 2 is 1.83 bits per heavy atom. The molecule has 0 bridgehead atoms. The smallest absolute Gasteiger partial charge is 0.119 e. The van der Waals surface area contributed by atoms with Crippen LogP contribution in [0.1, 0.15) is 0 Å². The average molecular weight is 249 g/mol. The van der Waals surface area contributed by atoms with Crippen molar-refractivity contribution in [3.63, 3.8) is 0 Å². The van der Waals surface area contributed by atoms with E-state index in [1.165, 1.54) is 5.69 Å². The molecule has 98 valence electrons. The minimum absolute atomic E-state index is 0.195. The van der Waals surface area contributed by atoms with Gasteiger partial charge >= 0.3 is 0 Å². The monoisotopic (exact) mass is 249 g/mol. The molecule has 1 aliphatic rings. The summed E-state index contributed by atoms with van der Waals surface area (Å²) in [5.74, 6) is 0.788. The maximum Gasteiger partial charge on any atom is 0.119 e. The second-order valence-corrected chi connectivity index (χ2v) is 4.49. The quantitative estimate of drug-likeness (QED) is 0.587. The maximum absolute atomic E-state index is 9.94. The Balaban J connectivity index is 1.88. The zero-order valence-electron chi connectivity index (χ0n) is 10.7. The van der Waals surface area contributed by atoms with Crippen molar-refractivity contribution in [1.29, 1.82) is 0 Å². The molecular weight excluding hydrogens is 230 g/mol. The fraction of sp³-hybridized carbons (Fsp3) is 0.538. The van der Waals surface area contributed by atoms with Crippen LogP contribution in [0.15, 0.2) is 29.4 Å². The van der Waals surface area contributed by atoms with Crippen LogP contribution in [-0.4, -0.2) is 51.3 Å². The van der Waals surface area contributed by atoms with E-state index in [9.17, 15) is 4.91 Å². The van der Waals surface area contributed by atoms with Gasteiger partial charge in [0.2, 0.25) is 0 Å². The molecule has 1 heterocycles. The van der Waals surface area contributed by atoms with Gasteiger partial charge in [-0.3, -0.25) is 0 Å². The third-order valence-electron chi connectivity index (χ3n) is 3.16. The molecule has 1 aromatic carbocycles. The first-order valence-electron chi connectivity index (χ1n) is 6.25. The Hall–Kier alpha value is -1.62. The van der Waals surface area contributed by atoms with Gasteiger partial charge in [0.1, 0.15) is 18.9 Å². The van der Waals surface area contributed by atoms with E-state index in [1.807, 2.05) is 12.1 Å². The molecule has 18 heavy (non-hydrogen) atoms. The fourth-order valence-electron chi connectivity index (χ4n) is 2.02. The van der Waals surface area contributed by atoms with E-state index in [1.54, 1.807) is 0 Å². The highest BCUT2D eigenvalue weighted by Crippen LogP contribution is 2.20. The van der Waals surface area contributed by atoms with Crippen LogP contribution in [0, 0.1) is 4.91 Å². The maximum atomic E-state index is 9.94. The van der Waals surface area contributed by atoms with Crippen LogP contribution in [0.4, 0.5) is 5.69 Å². The minimum Gasteiger partial charge on any atom is -0.492 e. The van der Waals surface area contributed by atoms with E-state index < -0.39 is 0 Å². The highest BCUT2D eigenvalue weighted by molar-refractivity contribution is 5.49. The number of anilines is 1. The predicted octanol–water partition coefficient (Wildman–Crippen LogP) is 1.58. The summed E-state index contributed by atoms with van der Waals surface area (Å²) in [6, 6.07) is 8.01. The molecule has 0 atom stereocenters. The number of nitroso groups, excluding NO2 is 1. The first-order valence-corrected chi connectivity index (χ1v) is 6.25. The standard InChI is InChI=1S/C13H19N3O2/c1-15-7-9-16(10-8-15)12-2-4-13(5-3-12)18-11-6-14-17/h2-5H,6-11H2,1H3. The van der Waals surface area contributed by atoms with Crippen LogP contribution in [0.2, 0.25) is 0 Å². The number of ether oxygens (including phenoxy) is 1. The van der Waals surface area contributed by atoms with E-state index in [0.717, 1.165) is 31.9 Å². The van der Waals surface area contributed by atoms with Crippen LogP contribution in [-0.2, 0) is 0 Å². The van der Waals surface area contributed by atoms with Crippen molar-refractivity contribution in [1.82, 2.24) is 4.90 Å². The van der Waals surface area contributed by atoms with Crippen LogP contribution in [0.5, 0.6) is 5.75 Å². The summed E-state index contributed by atoms with van der Waals surface area (Å²) in [6.07, 6.45) is 0. The molecule has 1 aromatic rings. The number of likely N-dealkylation sites (N-methyl/N-ethyl adjacent to an activating group) is 1. The molecular formula is C13H19N3O2. The van der Waals surface area contributed by atoms with Gasteiger partial charge in [-0.05, 0) is 31.3 Å². The summed E-state index contributed by atoms with van der Waals surface area (Å²) in [5.41, 5.74) is 1.23. The summed E-state index contributed by atoms with van der Waals surface area (Å²) < 4.78 is 5.39. The largest absolute Gasteiger partial charge is 0.492 e. The predicted molar refractivity (Wildman–Crippen MR) is 72.3 cm³/mol. The molecule has 0 N–H and O–H groups in total. The van der Waals surface area contributed by atoms with Gasteiger partial charge in [-0.15, -0.1) is 0 Å². The van der Waals surface area contributed by atoms with Gasteiger partial charge in [0.05, 0.1) is 0 Å². The average Bonchev–Trinajstić information content (AvgIpc) is 2.41. The lowest BCUT2D eigenvalue weighted by Crippen LogP contribution is -2.44. The normalized spacial score (nSPS) is 16.6. The number of piperazine rings is 1. The molecule has 0 aromatic heterocycles. The van der Waals surface area contributed by atoms with Crippen molar-refractivity contribution in [2.45, 2.75) is 0 Å². The van der Waals surface area contributed by atoms with Crippen molar-refractivity contribution in [3.8, 4) is 5.75 Å². The number of benzene rings is 1. The van der Waals surface area contributed by atoms with Gasteiger partial charge in [-0.1, -0.05) is 5.18 Å². The molecule has 0 spiro atoms. The Labute approximate surface area is 107 Å². The third kappa shape index (κ3) is 3.43. The van der Waals surface area contributed by atoms with E-state index >= 15 is 0 Å². The van der Waals surface area contributed by atoms with Gasteiger partial charge < -0.3 is 14.5 Å². The van der Waals surface area contributed by atoms with Gasteiger partial charge in [0, 0.05) is 31.9 Å². The van der Waals surface area contributed by atoms with Crippen molar-refractivity contribution in [2.75, 3.05) is 51.3 Å². The molecule has 5 heteroatoms. The summed E-state index contributed by atoms with van der Waals surface area (Å²) >= 11 is 0. The molecule has 0 aliphatic carbocycles. The van der Waals surface area contributed by atoms with Crippen molar-refractivity contribution in [3.05, 3.63) is 29.2 Å². The molecule has 1 fully saturated rings. The molecule has 0 radical (unpaired) electrons. The topological polar surface area (TPSA) is 45.1 Å². The SMILES string of the molecule is CN1CCN(c2ccc(OCCN=O)cc2)CC1. The molecule has 0 saturated carbocycles. The Kier molecular flexibility index (Phi) is 4.52. The van der Waals surface area contributed by atoms with Crippen LogP contribution in [0.25, 0.3) is 0 Å². The second-order valence-electron chi connectivity index (χ2n) is 4.49. The van der Waals surface area contributed by atoms with E-state index in [2.05, 4.69) is 34.2 Å². The summed E-state index contributed by atoms with van der Waals surface area (Å²) in [7, 11) is 2.15. The van der Waals surface area contributed by atoms with Gasteiger partial charge in [-0.2, -0.15) is 4.91 Å². The molecule has 1 saturated heterocycles. The molecule has 0 unspecified atom stereocenters. The number of hydrogen-bond acceptors (Lipinski definition) is 5. The van der Waals surface area contributed by atoms with Crippen molar-refractivity contribution < 1.29 is 4.74 Å². The van der Waals surface area contributed by atoms with Crippen LogP contribution in [0.3, 0.4) is 0 Å².